The van der Waals surface area contributed by atoms with Gasteiger partial charge in [-0.1, -0.05) is 48.5 Å². The molecule has 0 saturated carbocycles. The maximum absolute atomic E-state index is 13.1. The van der Waals surface area contributed by atoms with Gasteiger partial charge in [-0.2, -0.15) is 0 Å². The summed E-state index contributed by atoms with van der Waals surface area (Å²) >= 11 is 0. The van der Waals surface area contributed by atoms with Crippen LogP contribution >= 0.6 is 0 Å². The predicted molar refractivity (Wildman–Crippen MR) is 126 cm³/mol. The Balaban J connectivity index is 0.000000567. The third-order valence-corrected chi connectivity index (χ3v) is 6.95. The summed E-state index contributed by atoms with van der Waals surface area (Å²) in [6, 6.07) is 34.2. The fourth-order valence-corrected chi connectivity index (χ4v) is 5.55. The second-order valence-corrected chi connectivity index (χ2v) is 9.04. The largest absolute Gasteiger partial charge is 0.550 e. The number of rotatable bonds is 3. The van der Waals surface area contributed by atoms with Crippen molar-refractivity contribution >= 4 is 38.8 Å². The van der Waals surface area contributed by atoms with Crippen molar-refractivity contribution in [3.63, 3.8) is 0 Å². The van der Waals surface area contributed by atoms with Gasteiger partial charge in [0.15, 0.2) is 14.7 Å². The Kier molecular flexibility index (Phi) is 6.38. The lowest BCUT2D eigenvalue weighted by atomic mass is 10.1. The van der Waals surface area contributed by atoms with Crippen LogP contribution in [0.15, 0.2) is 127 Å². The van der Waals surface area contributed by atoms with Crippen molar-refractivity contribution in [1.82, 2.24) is 0 Å². The molecule has 0 N–H and O–H groups in total. The lowest BCUT2D eigenvalue weighted by Crippen LogP contribution is -2.16. The molecule has 0 radical (unpaired) electrons. The normalized spacial score (nSPS) is 10.7. The van der Waals surface area contributed by atoms with Gasteiger partial charge in [0.25, 0.3) is 0 Å². The van der Waals surface area contributed by atoms with Gasteiger partial charge in [-0.05, 0) is 55.5 Å². The Morgan fingerprint density at radius 1 is 0.688 bits per heavy atom. The number of hydrogen-bond donors (Lipinski definition) is 0. The standard InChI is InChI=1S/C25H17O2S.C2H4O2/c26-25-21-13-7-8-14-23(21)27-24-16-15-20(17-22(24)25)28(18-9-3-1-4-10-18)19-11-5-2-6-12-19;1-2(3)4/h1-17H;1H3,(H,3,4)/q+1;/p-1. The highest BCUT2D eigenvalue weighted by Crippen LogP contribution is 2.32. The molecule has 4 aromatic carbocycles. The van der Waals surface area contributed by atoms with Crippen molar-refractivity contribution in [2.24, 2.45) is 0 Å². The van der Waals surface area contributed by atoms with E-state index in [2.05, 4.69) is 54.6 Å². The smallest absolute Gasteiger partial charge is 0.200 e. The number of para-hydroxylation sites is 1. The van der Waals surface area contributed by atoms with E-state index in [0.717, 1.165) is 11.8 Å². The first-order chi connectivity index (χ1) is 15.5. The molecule has 5 aromatic rings. The maximum Gasteiger partial charge on any atom is 0.200 e. The second-order valence-electron chi connectivity index (χ2n) is 7.01. The highest BCUT2D eigenvalue weighted by molar-refractivity contribution is 7.97. The van der Waals surface area contributed by atoms with E-state index >= 15 is 0 Å². The molecule has 0 amide bonds. The molecule has 32 heavy (non-hydrogen) atoms. The van der Waals surface area contributed by atoms with E-state index in [1.165, 1.54) is 9.79 Å². The molecule has 0 bridgehead atoms. The SMILES string of the molecule is CC(=O)[O-].O=c1c2ccccc2oc2ccc([S+](c3ccccc3)c3ccccc3)cc12. The Hall–Kier alpha value is -3.83. The fraction of sp³-hybridized carbons (Fsp3) is 0.0370. The second kappa shape index (κ2) is 9.54. The first-order valence-corrected chi connectivity index (χ1v) is 11.2. The molecule has 0 fully saturated rings. The van der Waals surface area contributed by atoms with Gasteiger partial charge >= 0.3 is 0 Å². The third kappa shape index (κ3) is 4.58. The van der Waals surface area contributed by atoms with Crippen LogP contribution in [0.25, 0.3) is 21.9 Å². The lowest BCUT2D eigenvalue weighted by molar-refractivity contribution is -0.302. The zero-order chi connectivity index (χ0) is 22.5. The average molecular weight is 441 g/mol. The van der Waals surface area contributed by atoms with E-state index in [1.807, 2.05) is 48.5 Å². The Morgan fingerprint density at radius 3 is 1.78 bits per heavy atom. The van der Waals surface area contributed by atoms with Gasteiger partial charge in [0.2, 0.25) is 5.43 Å². The minimum absolute atomic E-state index is 0.0170. The highest BCUT2D eigenvalue weighted by Gasteiger charge is 2.29. The monoisotopic (exact) mass is 440 g/mol. The Labute approximate surface area is 188 Å². The number of benzene rings is 4. The zero-order valence-corrected chi connectivity index (χ0v) is 18.2. The minimum atomic E-state index is -1.08. The highest BCUT2D eigenvalue weighted by atomic mass is 32.2. The molecule has 1 aromatic heterocycles. The molecule has 1 heterocycles. The van der Waals surface area contributed by atoms with Crippen molar-refractivity contribution in [3.8, 4) is 0 Å². The van der Waals surface area contributed by atoms with Crippen LogP contribution in [0.3, 0.4) is 0 Å². The topological polar surface area (TPSA) is 70.3 Å². The van der Waals surface area contributed by atoms with Gasteiger partial charge in [-0.3, -0.25) is 4.79 Å². The quantitative estimate of drug-likeness (QED) is 0.299. The molecule has 5 heteroatoms. The van der Waals surface area contributed by atoms with Gasteiger partial charge in [0.1, 0.15) is 11.2 Å². The minimum Gasteiger partial charge on any atom is -0.550 e. The molecule has 0 atom stereocenters. The molecule has 0 aliphatic carbocycles. The summed E-state index contributed by atoms with van der Waals surface area (Å²) in [5, 5.41) is 10.1. The predicted octanol–water partition coefficient (Wildman–Crippen LogP) is 4.80. The molecule has 0 saturated heterocycles. The number of fused-ring (bicyclic) bond motifs is 2. The summed E-state index contributed by atoms with van der Waals surface area (Å²) in [5.74, 6) is -1.08. The number of carboxylic acid groups (broad SMARTS) is 1. The maximum atomic E-state index is 13.1. The van der Waals surface area contributed by atoms with Crippen molar-refractivity contribution < 1.29 is 14.3 Å². The number of carbonyl (C=O) groups excluding carboxylic acids is 1. The lowest BCUT2D eigenvalue weighted by Gasteiger charge is -2.09. The van der Waals surface area contributed by atoms with Crippen LogP contribution in [0.1, 0.15) is 6.92 Å². The van der Waals surface area contributed by atoms with Crippen LogP contribution in [-0.4, -0.2) is 5.97 Å². The fourth-order valence-electron chi connectivity index (χ4n) is 3.43. The molecule has 5 rings (SSSR count). The van der Waals surface area contributed by atoms with Gasteiger partial charge in [-0.25, -0.2) is 0 Å². The molecule has 0 unspecified atom stereocenters. The van der Waals surface area contributed by atoms with E-state index in [4.69, 9.17) is 14.3 Å². The Bertz CT molecular complexity index is 1380. The van der Waals surface area contributed by atoms with Crippen LogP contribution < -0.4 is 10.5 Å². The summed E-state index contributed by atoms with van der Waals surface area (Å²) in [4.78, 5) is 25.5. The van der Waals surface area contributed by atoms with E-state index in [-0.39, 0.29) is 16.3 Å². The first-order valence-electron chi connectivity index (χ1n) is 10.0. The average Bonchev–Trinajstić information content (AvgIpc) is 2.81. The van der Waals surface area contributed by atoms with Crippen LogP contribution in [0.4, 0.5) is 0 Å². The Morgan fingerprint density at radius 2 is 1.19 bits per heavy atom. The van der Waals surface area contributed by atoms with Crippen LogP contribution in [0, 0.1) is 0 Å². The van der Waals surface area contributed by atoms with Gasteiger partial charge in [0, 0.05) is 12.0 Å². The molecule has 0 spiro atoms. The summed E-state index contributed by atoms with van der Waals surface area (Å²) < 4.78 is 5.98. The number of hydrogen-bond acceptors (Lipinski definition) is 4. The summed E-state index contributed by atoms with van der Waals surface area (Å²) in [7, 11) is -0.293. The van der Waals surface area contributed by atoms with Gasteiger partial charge < -0.3 is 14.3 Å². The zero-order valence-electron chi connectivity index (χ0n) is 17.4. The van der Waals surface area contributed by atoms with Crippen molar-refractivity contribution in [2.45, 2.75) is 21.6 Å². The molecule has 0 aliphatic rings. The summed E-state index contributed by atoms with van der Waals surface area (Å²) in [6.07, 6.45) is 0. The van der Waals surface area contributed by atoms with Crippen LogP contribution in [0.2, 0.25) is 0 Å². The first kappa shape index (κ1) is 21.4. The van der Waals surface area contributed by atoms with E-state index in [9.17, 15) is 4.79 Å². The van der Waals surface area contributed by atoms with Crippen molar-refractivity contribution in [1.29, 1.82) is 0 Å². The van der Waals surface area contributed by atoms with Gasteiger partial charge in [-0.15, -0.1) is 0 Å². The number of aliphatic carboxylic acids is 1. The number of carbonyl (C=O) groups is 1. The molecular weight excluding hydrogens is 420 g/mol. The third-order valence-electron chi connectivity index (χ3n) is 4.74. The van der Waals surface area contributed by atoms with Gasteiger partial charge in [0.05, 0.1) is 21.7 Å². The molecule has 158 valence electrons. The molecule has 4 nitrogen and oxygen atoms in total. The summed E-state index contributed by atoms with van der Waals surface area (Å²) in [5.41, 5.74) is 1.26. The summed E-state index contributed by atoms with van der Waals surface area (Å²) in [6.45, 7) is 0.972. The van der Waals surface area contributed by atoms with E-state index in [0.29, 0.717) is 21.9 Å². The van der Waals surface area contributed by atoms with E-state index < -0.39 is 5.97 Å². The van der Waals surface area contributed by atoms with Crippen molar-refractivity contribution in [3.05, 3.63) is 113 Å². The van der Waals surface area contributed by atoms with E-state index in [1.54, 1.807) is 0 Å². The van der Waals surface area contributed by atoms with Crippen molar-refractivity contribution in [2.75, 3.05) is 0 Å². The number of carboxylic acids is 1. The van der Waals surface area contributed by atoms with Crippen LogP contribution in [-0.2, 0) is 15.7 Å². The molecule has 0 aliphatic heterocycles. The molecular formula is C27H20O4S. The van der Waals surface area contributed by atoms with Crippen LogP contribution in [0.5, 0.6) is 0 Å².